The van der Waals surface area contributed by atoms with Gasteiger partial charge in [-0.3, -0.25) is 9.78 Å². The van der Waals surface area contributed by atoms with Crippen LogP contribution in [0.15, 0.2) is 18.3 Å². The van der Waals surface area contributed by atoms with E-state index in [2.05, 4.69) is 4.98 Å². The fourth-order valence-corrected chi connectivity index (χ4v) is 3.68. The third-order valence-electron chi connectivity index (χ3n) is 4.62. The van der Waals surface area contributed by atoms with Crippen molar-refractivity contribution in [2.45, 2.75) is 32.2 Å². The van der Waals surface area contributed by atoms with Crippen LogP contribution in [0.4, 0.5) is 0 Å². The van der Waals surface area contributed by atoms with Gasteiger partial charge in [-0.2, -0.15) is 0 Å². The molecule has 1 saturated carbocycles. The van der Waals surface area contributed by atoms with Gasteiger partial charge in [-0.05, 0) is 43.2 Å². The van der Waals surface area contributed by atoms with Crippen LogP contribution in [0.25, 0.3) is 0 Å². The molecule has 2 aliphatic rings. The van der Waals surface area contributed by atoms with Crippen LogP contribution in [-0.2, 0) is 4.79 Å². The van der Waals surface area contributed by atoms with E-state index in [-0.39, 0.29) is 11.8 Å². The Balaban J connectivity index is 1.91. The van der Waals surface area contributed by atoms with Crippen molar-refractivity contribution in [1.29, 1.82) is 0 Å². The van der Waals surface area contributed by atoms with Crippen LogP contribution in [0.1, 0.15) is 35.3 Å². The van der Waals surface area contributed by atoms with E-state index in [1.807, 2.05) is 13.0 Å². The number of carboxylic acid groups (broad SMARTS) is 1. The van der Waals surface area contributed by atoms with E-state index >= 15 is 0 Å². The zero-order chi connectivity index (χ0) is 14.3. The van der Waals surface area contributed by atoms with Crippen molar-refractivity contribution >= 4 is 11.9 Å². The van der Waals surface area contributed by atoms with Crippen molar-refractivity contribution in [3.8, 4) is 0 Å². The Kier molecular flexibility index (Phi) is 3.20. The number of aromatic nitrogens is 1. The molecule has 2 heterocycles. The highest BCUT2D eigenvalue weighted by atomic mass is 16.4. The molecule has 1 amide bonds. The molecule has 3 atom stereocenters. The lowest BCUT2D eigenvalue weighted by molar-refractivity contribution is -0.142. The predicted octanol–water partition coefficient (Wildman–Crippen LogP) is 1.72. The molecule has 0 aromatic carbocycles. The Bertz CT molecular complexity index is 558. The molecule has 5 heteroatoms. The molecule has 2 fully saturated rings. The Morgan fingerprint density at radius 1 is 1.40 bits per heavy atom. The second-order valence-electron chi connectivity index (χ2n) is 5.76. The first-order valence-corrected chi connectivity index (χ1v) is 7.05. The van der Waals surface area contributed by atoms with Gasteiger partial charge in [0.2, 0.25) is 0 Å². The average Bonchev–Trinajstić information content (AvgIpc) is 2.97. The molecule has 1 aliphatic heterocycles. The van der Waals surface area contributed by atoms with Gasteiger partial charge in [0, 0.05) is 12.7 Å². The SMILES string of the molecule is Cc1cccnc1C(=O)N1CC2CCCC2C1C(=O)O. The highest BCUT2D eigenvalue weighted by Gasteiger charge is 2.49. The number of aliphatic carboxylic acids is 1. The van der Waals surface area contributed by atoms with Crippen molar-refractivity contribution in [3.63, 3.8) is 0 Å². The second-order valence-corrected chi connectivity index (χ2v) is 5.76. The molecule has 1 aliphatic carbocycles. The summed E-state index contributed by atoms with van der Waals surface area (Å²) < 4.78 is 0. The first-order chi connectivity index (χ1) is 9.59. The third kappa shape index (κ3) is 1.97. The van der Waals surface area contributed by atoms with E-state index in [9.17, 15) is 14.7 Å². The van der Waals surface area contributed by atoms with Gasteiger partial charge in [0.25, 0.3) is 5.91 Å². The summed E-state index contributed by atoms with van der Waals surface area (Å²) in [6.07, 6.45) is 4.59. The average molecular weight is 274 g/mol. The number of rotatable bonds is 2. The van der Waals surface area contributed by atoms with Crippen LogP contribution < -0.4 is 0 Å². The van der Waals surface area contributed by atoms with Crippen LogP contribution in [0.5, 0.6) is 0 Å². The summed E-state index contributed by atoms with van der Waals surface area (Å²) in [6, 6.07) is 2.92. The van der Waals surface area contributed by atoms with Crippen LogP contribution >= 0.6 is 0 Å². The van der Waals surface area contributed by atoms with Gasteiger partial charge in [0.05, 0.1) is 0 Å². The highest BCUT2D eigenvalue weighted by molar-refractivity contribution is 5.96. The van der Waals surface area contributed by atoms with Gasteiger partial charge in [0.15, 0.2) is 0 Å². The summed E-state index contributed by atoms with van der Waals surface area (Å²) in [6.45, 7) is 2.38. The largest absolute Gasteiger partial charge is 0.480 e. The quantitative estimate of drug-likeness (QED) is 0.891. The molecule has 5 nitrogen and oxygen atoms in total. The molecule has 3 unspecified atom stereocenters. The van der Waals surface area contributed by atoms with E-state index in [0.29, 0.717) is 18.2 Å². The summed E-state index contributed by atoms with van der Waals surface area (Å²) >= 11 is 0. The summed E-state index contributed by atoms with van der Waals surface area (Å²) in [5.41, 5.74) is 1.16. The van der Waals surface area contributed by atoms with E-state index in [4.69, 9.17) is 0 Å². The number of nitrogens with zero attached hydrogens (tertiary/aromatic N) is 2. The number of carbonyl (C=O) groups excluding carboxylic acids is 1. The minimum atomic E-state index is -0.888. The standard InChI is InChI=1S/C15H18N2O3/c1-9-4-3-7-16-12(9)14(18)17-8-10-5-2-6-11(10)13(17)15(19)20/h3-4,7,10-11,13H,2,5-6,8H2,1H3,(H,19,20). The fraction of sp³-hybridized carbons (Fsp3) is 0.533. The molecular formula is C15H18N2O3. The van der Waals surface area contributed by atoms with Gasteiger partial charge >= 0.3 is 5.97 Å². The molecule has 20 heavy (non-hydrogen) atoms. The maximum absolute atomic E-state index is 12.6. The first kappa shape index (κ1) is 13.1. The van der Waals surface area contributed by atoms with Gasteiger partial charge in [-0.25, -0.2) is 4.79 Å². The lowest BCUT2D eigenvalue weighted by Gasteiger charge is -2.24. The first-order valence-electron chi connectivity index (χ1n) is 7.05. The summed E-state index contributed by atoms with van der Waals surface area (Å²) in [5, 5.41) is 9.48. The number of pyridine rings is 1. The number of likely N-dealkylation sites (tertiary alicyclic amines) is 1. The van der Waals surface area contributed by atoms with Crippen molar-refractivity contribution in [3.05, 3.63) is 29.6 Å². The second kappa shape index (κ2) is 4.89. The minimum absolute atomic E-state index is 0.112. The third-order valence-corrected chi connectivity index (χ3v) is 4.62. The normalized spacial score (nSPS) is 28.4. The number of carbonyl (C=O) groups is 2. The minimum Gasteiger partial charge on any atom is -0.480 e. The Morgan fingerprint density at radius 2 is 2.20 bits per heavy atom. The maximum atomic E-state index is 12.6. The number of hydrogen-bond acceptors (Lipinski definition) is 3. The molecule has 0 radical (unpaired) electrons. The van der Waals surface area contributed by atoms with Gasteiger partial charge < -0.3 is 10.0 Å². The Morgan fingerprint density at radius 3 is 2.90 bits per heavy atom. The molecule has 1 saturated heterocycles. The predicted molar refractivity (Wildman–Crippen MR) is 72.3 cm³/mol. The number of fused-ring (bicyclic) bond motifs is 1. The van der Waals surface area contributed by atoms with Crippen molar-refractivity contribution in [2.75, 3.05) is 6.54 Å². The molecule has 3 rings (SSSR count). The van der Waals surface area contributed by atoms with E-state index in [0.717, 1.165) is 24.8 Å². The lowest BCUT2D eigenvalue weighted by Crippen LogP contribution is -2.43. The van der Waals surface area contributed by atoms with E-state index in [1.54, 1.807) is 12.3 Å². The lowest BCUT2D eigenvalue weighted by atomic mass is 9.94. The highest BCUT2D eigenvalue weighted by Crippen LogP contribution is 2.42. The molecule has 106 valence electrons. The van der Waals surface area contributed by atoms with Crippen LogP contribution in [0, 0.1) is 18.8 Å². The molecule has 1 aromatic rings. The van der Waals surface area contributed by atoms with Crippen LogP contribution in [0.3, 0.4) is 0 Å². The number of carboxylic acids is 1. The molecule has 1 aromatic heterocycles. The van der Waals surface area contributed by atoms with Crippen LogP contribution in [0.2, 0.25) is 0 Å². The topological polar surface area (TPSA) is 70.5 Å². The molecule has 0 bridgehead atoms. The van der Waals surface area contributed by atoms with E-state index in [1.165, 1.54) is 4.90 Å². The molecular weight excluding hydrogens is 256 g/mol. The zero-order valence-electron chi connectivity index (χ0n) is 11.5. The molecule has 1 N–H and O–H groups in total. The van der Waals surface area contributed by atoms with Gasteiger partial charge in [-0.15, -0.1) is 0 Å². The number of hydrogen-bond donors (Lipinski definition) is 1. The maximum Gasteiger partial charge on any atom is 0.326 e. The van der Waals surface area contributed by atoms with Crippen molar-refractivity contribution in [1.82, 2.24) is 9.88 Å². The zero-order valence-corrected chi connectivity index (χ0v) is 11.5. The van der Waals surface area contributed by atoms with Gasteiger partial charge in [-0.1, -0.05) is 12.5 Å². The van der Waals surface area contributed by atoms with Crippen molar-refractivity contribution in [2.24, 2.45) is 11.8 Å². The smallest absolute Gasteiger partial charge is 0.326 e. The van der Waals surface area contributed by atoms with E-state index < -0.39 is 12.0 Å². The number of aryl methyl sites for hydroxylation is 1. The van der Waals surface area contributed by atoms with Gasteiger partial charge in [0.1, 0.15) is 11.7 Å². The fourth-order valence-electron chi connectivity index (χ4n) is 3.68. The monoisotopic (exact) mass is 274 g/mol. The summed E-state index contributed by atoms with van der Waals surface area (Å²) in [7, 11) is 0. The van der Waals surface area contributed by atoms with Crippen molar-refractivity contribution < 1.29 is 14.7 Å². The Labute approximate surface area is 117 Å². The molecule has 0 spiro atoms. The van der Waals surface area contributed by atoms with Crippen LogP contribution in [-0.4, -0.2) is 39.5 Å². The Hall–Kier alpha value is -1.91. The number of amides is 1. The summed E-state index contributed by atoms with van der Waals surface area (Å²) in [4.78, 5) is 29.8. The summed E-state index contributed by atoms with van der Waals surface area (Å²) in [5.74, 6) is -0.684.